The van der Waals surface area contributed by atoms with E-state index in [1.54, 1.807) is 0 Å². The molecular formula is C24H23F6N5O4. The van der Waals surface area contributed by atoms with E-state index in [0.29, 0.717) is 5.92 Å². The molecule has 9 nitrogen and oxygen atoms in total. The first-order valence-electron chi connectivity index (χ1n) is 11.4. The molecule has 0 saturated carbocycles. The Morgan fingerprint density at radius 3 is 2.05 bits per heavy atom. The highest BCUT2D eigenvalue weighted by Gasteiger charge is 2.38. The molecule has 5 rings (SSSR count). The molecule has 1 aromatic carbocycles. The standard InChI is InChI=1S/C20H21N5.2C2HF3O2/c1-14-22-23-20-8-7-17-19(25(14)20)11-18(16-9-10-21-12-16)24(17)13-15-5-3-2-4-6-15;2*3-2(4,5)1(6)7/h2-8,11,16,21H,9-10,12-13H2,1H3;2*(H,6,7). The van der Waals surface area contributed by atoms with Crippen LogP contribution in [-0.2, 0) is 16.1 Å². The summed E-state index contributed by atoms with van der Waals surface area (Å²) in [5, 5.41) is 26.3. The van der Waals surface area contributed by atoms with Crippen molar-refractivity contribution >= 4 is 28.6 Å². The van der Waals surface area contributed by atoms with Crippen molar-refractivity contribution in [1.29, 1.82) is 0 Å². The number of halogens is 6. The van der Waals surface area contributed by atoms with Crippen LogP contribution in [-0.4, -0.2) is 66.8 Å². The zero-order chi connectivity index (χ0) is 29.0. The third kappa shape index (κ3) is 7.25. The maximum atomic E-state index is 10.6. The van der Waals surface area contributed by atoms with Crippen molar-refractivity contribution in [3.05, 3.63) is 65.6 Å². The summed E-state index contributed by atoms with van der Waals surface area (Å²) in [5.74, 6) is -4.02. The molecule has 0 amide bonds. The van der Waals surface area contributed by atoms with Gasteiger partial charge in [-0.05, 0) is 43.7 Å². The zero-order valence-electron chi connectivity index (χ0n) is 20.3. The summed E-state index contributed by atoms with van der Waals surface area (Å²) in [7, 11) is 0. The van der Waals surface area contributed by atoms with Gasteiger partial charge in [0.2, 0.25) is 0 Å². The van der Waals surface area contributed by atoms with Gasteiger partial charge in [0.25, 0.3) is 0 Å². The van der Waals surface area contributed by atoms with Gasteiger partial charge in [-0.15, -0.1) is 10.2 Å². The third-order valence-corrected chi connectivity index (χ3v) is 5.78. The number of pyridine rings is 1. The molecule has 39 heavy (non-hydrogen) atoms. The first kappa shape index (κ1) is 29.4. The average molecular weight is 559 g/mol. The van der Waals surface area contributed by atoms with Crippen LogP contribution < -0.4 is 5.32 Å². The Kier molecular flexibility index (Phi) is 8.84. The zero-order valence-corrected chi connectivity index (χ0v) is 20.3. The van der Waals surface area contributed by atoms with Crippen molar-refractivity contribution in [2.24, 2.45) is 0 Å². The van der Waals surface area contributed by atoms with E-state index in [-0.39, 0.29) is 0 Å². The number of carbonyl (C=O) groups is 2. The van der Waals surface area contributed by atoms with Gasteiger partial charge in [0.15, 0.2) is 5.65 Å². The number of alkyl halides is 6. The fourth-order valence-corrected chi connectivity index (χ4v) is 4.05. The molecule has 4 aromatic rings. The van der Waals surface area contributed by atoms with Crippen molar-refractivity contribution in [3.63, 3.8) is 0 Å². The topological polar surface area (TPSA) is 122 Å². The Hall–Kier alpha value is -4.14. The summed E-state index contributed by atoms with van der Waals surface area (Å²) in [5.41, 5.74) is 6.11. The van der Waals surface area contributed by atoms with E-state index in [1.165, 1.54) is 28.7 Å². The van der Waals surface area contributed by atoms with Crippen molar-refractivity contribution in [2.75, 3.05) is 13.1 Å². The minimum atomic E-state index is -5.08. The van der Waals surface area contributed by atoms with Gasteiger partial charge < -0.3 is 20.1 Å². The SMILES string of the molecule is Cc1nnc2ccc3c(cc(C4CCNC4)n3Cc3ccccc3)n12.O=C(O)C(F)(F)F.O=C(O)C(F)(F)F. The maximum absolute atomic E-state index is 10.6. The van der Waals surface area contributed by atoms with Crippen LogP contribution in [0.15, 0.2) is 48.5 Å². The lowest BCUT2D eigenvalue weighted by Gasteiger charge is -2.15. The van der Waals surface area contributed by atoms with Gasteiger partial charge in [0.05, 0.1) is 11.0 Å². The second-order valence-corrected chi connectivity index (χ2v) is 8.48. The number of rotatable bonds is 3. The third-order valence-electron chi connectivity index (χ3n) is 5.78. The molecule has 0 spiro atoms. The molecular weight excluding hydrogens is 536 g/mol. The molecule has 210 valence electrons. The normalized spacial score (nSPS) is 15.4. The van der Waals surface area contributed by atoms with E-state index in [2.05, 4.69) is 73.0 Å². The monoisotopic (exact) mass is 559 g/mol. The summed E-state index contributed by atoms with van der Waals surface area (Å²) in [4.78, 5) is 17.8. The van der Waals surface area contributed by atoms with Crippen LogP contribution in [0.3, 0.4) is 0 Å². The number of fused-ring (bicyclic) bond motifs is 3. The van der Waals surface area contributed by atoms with Crippen LogP contribution in [0.1, 0.15) is 29.4 Å². The Morgan fingerprint density at radius 2 is 1.54 bits per heavy atom. The predicted octanol–water partition coefficient (Wildman–Crippen LogP) is 4.38. The molecule has 0 radical (unpaired) electrons. The van der Waals surface area contributed by atoms with Gasteiger partial charge in [-0.2, -0.15) is 26.3 Å². The van der Waals surface area contributed by atoms with E-state index >= 15 is 0 Å². The largest absolute Gasteiger partial charge is 0.490 e. The minimum absolute atomic E-state index is 0.558. The molecule has 1 aliphatic rings. The molecule has 1 unspecified atom stereocenters. The second-order valence-electron chi connectivity index (χ2n) is 8.48. The molecule has 15 heteroatoms. The summed E-state index contributed by atoms with van der Waals surface area (Å²) in [6, 6.07) is 17.3. The number of aliphatic carboxylic acids is 2. The number of hydrogen-bond acceptors (Lipinski definition) is 5. The van der Waals surface area contributed by atoms with Gasteiger partial charge in [-0.1, -0.05) is 30.3 Å². The first-order valence-corrected chi connectivity index (χ1v) is 11.4. The van der Waals surface area contributed by atoms with Gasteiger partial charge in [0.1, 0.15) is 5.82 Å². The van der Waals surface area contributed by atoms with Crippen molar-refractivity contribution in [3.8, 4) is 0 Å². The highest BCUT2D eigenvalue weighted by atomic mass is 19.4. The van der Waals surface area contributed by atoms with E-state index in [4.69, 9.17) is 19.8 Å². The molecule has 3 N–H and O–H groups in total. The van der Waals surface area contributed by atoms with Gasteiger partial charge >= 0.3 is 24.3 Å². The summed E-state index contributed by atoms with van der Waals surface area (Å²) < 4.78 is 68.1. The van der Waals surface area contributed by atoms with Gasteiger partial charge in [-0.3, -0.25) is 4.40 Å². The highest BCUT2D eigenvalue weighted by Crippen LogP contribution is 2.31. The lowest BCUT2D eigenvalue weighted by molar-refractivity contribution is -0.193. The Bertz CT molecular complexity index is 1420. The maximum Gasteiger partial charge on any atom is 0.490 e. The number of carboxylic acids is 2. The quantitative estimate of drug-likeness (QED) is 0.319. The fraction of sp³-hybridized carbons (Fsp3) is 0.333. The van der Waals surface area contributed by atoms with Crippen LogP contribution in [0.25, 0.3) is 16.7 Å². The van der Waals surface area contributed by atoms with Crippen LogP contribution in [0.4, 0.5) is 26.3 Å². The predicted molar refractivity (Wildman–Crippen MR) is 126 cm³/mol. The number of aryl methyl sites for hydroxylation is 1. The summed E-state index contributed by atoms with van der Waals surface area (Å²) >= 11 is 0. The number of aromatic nitrogens is 4. The van der Waals surface area contributed by atoms with Crippen molar-refractivity contribution in [1.82, 2.24) is 24.5 Å². The molecule has 0 bridgehead atoms. The second kappa shape index (κ2) is 11.7. The van der Waals surface area contributed by atoms with Crippen molar-refractivity contribution < 1.29 is 46.1 Å². The lowest BCUT2D eigenvalue weighted by Crippen LogP contribution is -2.21. The minimum Gasteiger partial charge on any atom is -0.475 e. The number of nitrogens with zero attached hydrogens (tertiary/aromatic N) is 4. The summed E-state index contributed by atoms with van der Waals surface area (Å²) in [6.07, 6.45) is -8.98. The number of hydrogen-bond donors (Lipinski definition) is 3. The number of nitrogens with one attached hydrogen (secondary N) is 1. The van der Waals surface area contributed by atoms with Crippen LogP contribution in [0, 0.1) is 6.92 Å². The Balaban J connectivity index is 0.000000251. The van der Waals surface area contributed by atoms with Crippen LogP contribution >= 0.6 is 0 Å². The molecule has 1 saturated heterocycles. The molecule has 1 atom stereocenters. The molecule has 1 fully saturated rings. The van der Waals surface area contributed by atoms with Gasteiger partial charge in [0, 0.05) is 24.7 Å². The Morgan fingerprint density at radius 1 is 0.949 bits per heavy atom. The fourth-order valence-electron chi connectivity index (χ4n) is 4.05. The molecule has 1 aliphatic heterocycles. The number of carboxylic acid groups (broad SMARTS) is 2. The average Bonchev–Trinajstić information content (AvgIpc) is 3.59. The van der Waals surface area contributed by atoms with Crippen LogP contribution in [0.5, 0.6) is 0 Å². The lowest BCUT2D eigenvalue weighted by atomic mass is 10.0. The molecule has 3 aromatic heterocycles. The first-order chi connectivity index (χ1) is 18.2. The van der Waals surface area contributed by atoms with E-state index in [0.717, 1.165) is 31.1 Å². The van der Waals surface area contributed by atoms with Crippen LogP contribution in [0.2, 0.25) is 0 Å². The van der Waals surface area contributed by atoms with Gasteiger partial charge in [-0.25, -0.2) is 9.59 Å². The van der Waals surface area contributed by atoms with E-state index < -0.39 is 24.3 Å². The summed E-state index contributed by atoms with van der Waals surface area (Å²) in [6.45, 7) is 5.06. The molecule has 4 heterocycles. The smallest absolute Gasteiger partial charge is 0.475 e. The molecule has 0 aliphatic carbocycles. The Labute approximate surface area is 216 Å². The van der Waals surface area contributed by atoms with Crippen molar-refractivity contribution in [2.45, 2.75) is 38.2 Å². The number of benzene rings is 1. The van der Waals surface area contributed by atoms with E-state index in [9.17, 15) is 26.3 Å². The highest BCUT2D eigenvalue weighted by molar-refractivity contribution is 5.81. The van der Waals surface area contributed by atoms with E-state index in [1.807, 2.05) is 6.92 Å².